The molecule has 3 aliphatic heterocycles. The minimum atomic E-state index is -0.627. The lowest BCUT2D eigenvalue weighted by Crippen LogP contribution is -2.52. The van der Waals surface area contributed by atoms with Crippen LogP contribution in [-0.2, 0) is 19.1 Å². The second-order valence-corrected chi connectivity index (χ2v) is 6.67. The summed E-state index contributed by atoms with van der Waals surface area (Å²) in [5.41, 5.74) is 1.54. The SMILES string of the molecule is COc1ccc([C@H]2NC(=O)N(CC(=O)N3CCOCC3)C3=C2C(=O)OC3)cc1. The summed E-state index contributed by atoms with van der Waals surface area (Å²) in [6.45, 7) is 1.77. The Bertz CT molecular complexity index is 829. The third kappa shape index (κ3) is 3.29. The number of urea groups is 1. The van der Waals surface area contributed by atoms with Crippen molar-refractivity contribution in [1.82, 2.24) is 15.1 Å². The maximum atomic E-state index is 12.8. The molecule has 28 heavy (non-hydrogen) atoms. The number of carbonyl (C=O) groups is 3. The van der Waals surface area contributed by atoms with E-state index in [-0.39, 0.29) is 19.1 Å². The monoisotopic (exact) mass is 387 g/mol. The molecule has 3 aliphatic rings. The summed E-state index contributed by atoms with van der Waals surface area (Å²) in [5, 5.41) is 2.82. The number of benzene rings is 1. The largest absolute Gasteiger partial charge is 0.497 e. The predicted octanol–water partition coefficient (Wildman–Crippen LogP) is 0.431. The van der Waals surface area contributed by atoms with Gasteiger partial charge >= 0.3 is 12.0 Å². The van der Waals surface area contributed by atoms with Gasteiger partial charge in [0.1, 0.15) is 18.9 Å². The lowest BCUT2D eigenvalue weighted by Gasteiger charge is -2.34. The summed E-state index contributed by atoms with van der Waals surface area (Å²) in [6, 6.07) is 6.04. The van der Waals surface area contributed by atoms with E-state index in [1.165, 1.54) is 4.90 Å². The summed E-state index contributed by atoms with van der Waals surface area (Å²) in [4.78, 5) is 40.7. The summed E-state index contributed by atoms with van der Waals surface area (Å²) in [5.74, 6) is -0.000919. The van der Waals surface area contributed by atoms with Gasteiger partial charge in [-0.1, -0.05) is 12.1 Å². The molecule has 4 rings (SSSR count). The molecule has 1 aromatic carbocycles. The second kappa shape index (κ2) is 7.51. The van der Waals surface area contributed by atoms with Crippen molar-refractivity contribution in [3.63, 3.8) is 0 Å². The first-order valence-electron chi connectivity index (χ1n) is 9.06. The number of hydrogen-bond donors (Lipinski definition) is 1. The van der Waals surface area contributed by atoms with Crippen LogP contribution in [0, 0.1) is 0 Å². The van der Waals surface area contributed by atoms with E-state index in [9.17, 15) is 14.4 Å². The van der Waals surface area contributed by atoms with E-state index < -0.39 is 18.0 Å². The number of amides is 3. The highest BCUT2D eigenvalue weighted by Gasteiger charge is 2.43. The van der Waals surface area contributed by atoms with Crippen LogP contribution < -0.4 is 10.1 Å². The van der Waals surface area contributed by atoms with E-state index in [2.05, 4.69) is 5.32 Å². The van der Waals surface area contributed by atoms with Gasteiger partial charge in [-0.25, -0.2) is 9.59 Å². The van der Waals surface area contributed by atoms with Crippen molar-refractivity contribution in [2.45, 2.75) is 6.04 Å². The Morgan fingerprint density at radius 3 is 2.61 bits per heavy atom. The molecule has 1 N–H and O–H groups in total. The Morgan fingerprint density at radius 1 is 1.21 bits per heavy atom. The summed E-state index contributed by atoms with van der Waals surface area (Å²) >= 11 is 0. The van der Waals surface area contributed by atoms with Gasteiger partial charge in [0, 0.05) is 13.1 Å². The number of morpholine rings is 1. The Labute approximate surface area is 161 Å². The van der Waals surface area contributed by atoms with Crippen LogP contribution in [0.15, 0.2) is 35.5 Å². The average molecular weight is 387 g/mol. The van der Waals surface area contributed by atoms with Crippen molar-refractivity contribution >= 4 is 17.9 Å². The summed E-state index contributed by atoms with van der Waals surface area (Å²) in [6.07, 6.45) is 0. The molecular weight excluding hydrogens is 366 g/mol. The minimum absolute atomic E-state index is 0.0232. The van der Waals surface area contributed by atoms with E-state index in [4.69, 9.17) is 14.2 Å². The van der Waals surface area contributed by atoms with E-state index in [0.29, 0.717) is 43.3 Å². The number of methoxy groups -OCH3 is 1. The van der Waals surface area contributed by atoms with Gasteiger partial charge in [-0.3, -0.25) is 9.69 Å². The average Bonchev–Trinajstić information content (AvgIpc) is 3.12. The fraction of sp³-hybridized carbons (Fsp3) is 0.421. The quantitative estimate of drug-likeness (QED) is 0.753. The van der Waals surface area contributed by atoms with Crippen molar-refractivity contribution in [3.8, 4) is 5.75 Å². The van der Waals surface area contributed by atoms with Gasteiger partial charge in [0.15, 0.2) is 0 Å². The second-order valence-electron chi connectivity index (χ2n) is 6.67. The highest BCUT2D eigenvalue weighted by atomic mass is 16.5. The molecule has 9 heteroatoms. The summed E-state index contributed by atoms with van der Waals surface area (Å²) in [7, 11) is 1.57. The maximum absolute atomic E-state index is 12.8. The first-order valence-corrected chi connectivity index (χ1v) is 9.06. The van der Waals surface area contributed by atoms with Gasteiger partial charge in [-0.05, 0) is 17.7 Å². The molecule has 0 saturated carbocycles. The van der Waals surface area contributed by atoms with Crippen LogP contribution in [0.2, 0.25) is 0 Å². The predicted molar refractivity (Wildman–Crippen MR) is 96.4 cm³/mol. The number of cyclic esters (lactones) is 1. The van der Waals surface area contributed by atoms with Crippen LogP contribution in [0.3, 0.4) is 0 Å². The van der Waals surface area contributed by atoms with Crippen molar-refractivity contribution < 1.29 is 28.6 Å². The zero-order valence-electron chi connectivity index (χ0n) is 15.5. The van der Waals surface area contributed by atoms with E-state index >= 15 is 0 Å². The molecule has 1 saturated heterocycles. The van der Waals surface area contributed by atoms with Gasteiger partial charge in [-0.2, -0.15) is 0 Å². The number of nitrogens with zero attached hydrogens (tertiary/aromatic N) is 2. The lowest BCUT2D eigenvalue weighted by atomic mass is 9.95. The number of nitrogens with one attached hydrogen (secondary N) is 1. The van der Waals surface area contributed by atoms with Gasteiger partial charge in [0.25, 0.3) is 0 Å². The Balaban J connectivity index is 1.60. The number of hydrogen-bond acceptors (Lipinski definition) is 6. The van der Waals surface area contributed by atoms with Crippen molar-refractivity contribution in [2.75, 3.05) is 46.6 Å². The van der Waals surface area contributed by atoms with Gasteiger partial charge in [0.05, 0.1) is 37.6 Å². The molecule has 3 amide bonds. The molecule has 0 radical (unpaired) electrons. The summed E-state index contributed by atoms with van der Waals surface area (Å²) < 4.78 is 15.6. The zero-order valence-corrected chi connectivity index (χ0v) is 15.5. The first-order chi connectivity index (χ1) is 13.6. The number of carbonyl (C=O) groups excluding carboxylic acids is 3. The molecule has 0 aliphatic carbocycles. The topological polar surface area (TPSA) is 97.4 Å². The van der Waals surface area contributed by atoms with Crippen LogP contribution in [0.5, 0.6) is 5.75 Å². The molecule has 0 spiro atoms. The van der Waals surface area contributed by atoms with Gasteiger partial charge in [0.2, 0.25) is 5.91 Å². The lowest BCUT2D eigenvalue weighted by molar-refractivity contribution is -0.136. The van der Waals surface area contributed by atoms with Crippen molar-refractivity contribution in [3.05, 3.63) is 41.1 Å². The smallest absolute Gasteiger partial charge is 0.338 e. The third-order valence-electron chi connectivity index (χ3n) is 5.10. The highest BCUT2D eigenvalue weighted by molar-refractivity contribution is 5.98. The zero-order chi connectivity index (χ0) is 19.7. The van der Waals surface area contributed by atoms with Crippen LogP contribution >= 0.6 is 0 Å². The van der Waals surface area contributed by atoms with Crippen LogP contribution in [-0.4, -0.2) is 74.3 Å². The molecule has 0 bridgehead atoms. The standard InChI is InChI=1S/C19H21N3O6/c1-26-13-4-2-12(3-5-13)17-16-14(11-28-18(16)24)22(19(25)20-17)10-15(23)21-6-8-27-9-7-21/h2-5,17H,6-11H2,1H3,(H,20,25)/t17-/m1/s1. The number of esters is 1. The normalized spacial score (nSPS) is 22.0. The molecule has 1 aromatic rings. The molecule has 1 atom stereocenters. The molecule has 1 fully saturated rings. The Hall–Kier alpha value is -3.07. The van der Waals surface area contributed by atoms with E-state index in [1.807, 2.05) is 0 Å². The molecule has 9 nitrogen and oxygen atoms in total. The molecule has 3 heterocycles. The molecular formula is C19H21N3O6. The Morgan fingerprint density at radius 2 is 1.93 bits per heavy atom. The fourth-order valence-corrected chi connectivity index (χ4v) is 3.57. The van der Waals surface area contributed by atoms with Gasteiger partial charge < -0.3 is 24.4 Å². The highest BCUT2D eigenvalue weighted by Crippen LogP contribution is 2.35. The maximum Gasteiger partial charge on any atom is 0.338 e. The van der Waals surface area contributed by atoms with Gasteiger partial charge in [-0.15, -0.1) is 0 Å². The fourth-order valence-electron chi connectivity index (χ4n) is 3.57. The van der Waals surface area contributed by atoms with Crippen LogP contribution in [0.25, 0.3) is 0 Å². The van der Waals surface area contributed by atoms with Crippen LogP contribution in [0.4, 0.5) is 4.79 Å². The molecule has 0 unspecified atom stereocenters. The number of ether oxygens (including phenoxy) is 3. The van der Waals surface area contributed by atoms with E-state index in [1.54, 1.807) is 36.3 Å². The third-order valence-corrected chi connectivity index (χ3v) is 5.10. The Kier molecular flexibility index (Phi) is 4.91. The molecule has 148 valence electrons. The minimum Gasteiger partial charge on any atom is -0.497 e. The number of rotatable bonds is 4. The van der Waals surface area contributed by atoms with Crippen molar-refractivity contribution in [2.24, 2.45) is 0 Å². The van der Waals surface area contributed by atoms with Crippen molar-refractivity contribution in [1.29, 1.82) is 0 Å². The van der Waals surface area contributed by atoms with Crippen LogP contribution in [0.1, 0.15) is 11.6 Å². The van der Waals surface area contributed by atoms with E-state index in [0.717, 1.165) is 5.56 Å². The molecule has 0 aromatic heterocycles. The first kappa shape index (κ1) is 18.3.